The first-order valence-electron chi connectivity index (χ1n) is 8.56. The Balaban J connectivity index is 2.24. The van der Waals surface area contributed by atoms with Crippen LogP contribution in [0.15, 0.2) is 18.2 Å². The molecular weight excluding hydrogens is 292 g/mol. The Hall–Kier alpha value is -1.26. The van der Waals surface area contributed by atoms with Gasteiger partial charge in [0.25, 0.3) is 0 Å². The highest BCUT2D eigenvalue weighted by Gasteiger charge is 2.34. The van der Waals surface area contributed by atoms with Gasteiger partial charge in [0.1, 0.15) is 24.7 Å². The second kappa shape index (κ2) is 8.02. The summed E-state index contributed by atoms with van der Waals surface area (Å²) in [7, 11) is 0. The topological polar surface area (TPSA) is 58.9 Å². The van der Waals surface area contributed by atoms with Crippen molar-refractivity contribution in [3.63, 3.8) is 0 Å². The van der Waals surface area contributed by atoms with E-state index in [0.717, 1.165) is 18.6 Å². The molecule has 2 atom stereocenters. The quantitative estimate of drug-likeness (QED) is 0.808. The predicted molar refractivity (Wildman–Crippen MR) is 91.1 cm³/mol. The van der Waals surface area contributed by atoms with E-state index in [4.69, 9.17) is 19.7 Å². The van der Waals surface area contributed by atoms with Crippen LogP contribution in [0, 0.1) is 11.3 Å². The molecule has 0 amide bonds. The smallest absolute Gasteiger partial charge is 0.126 e. The van der Waals surface area contributed by atoms with Crippen LogP contribution in [0.1, 0.15) is 51.5 Å². The molecule has 4 nitrogen and oxygen atoms in total. The number of hydrogen-bond acceptors (Lipinski definition) is 4. The summed E-state index contributed by atoms with van der Waals surface area (Å²) < 4.78 is 11.3. The van der Waals surface area contributed by atoms with Crippen LogP contribution in [0.25, 0.3) is 0 Å². The molecule has 1 saturated carbocycles. The molecule has 1 aromatic rings. The third-order valence-electron chi connectivity index (χ3n) is 4.52. The number of aliphatic hydroxyl groups excluding tert-OH is 2. The second-order valence-corrected chi connectivity index (χ2v) is 7.45. The summed E-state index contributed by atoms with van der Waals surface area (Å²) in [6.07, 6.45) is 3.56. The Morgan fingerprint density at radius 2 is 1.78 bits per heavy atom. The van der Waals surface area contributed by atoms with E-state index in [1.54, 1.807) is 0 Å². The van der Waals surface area contributed by atoms with Crippen LogP contribution in [0.5, 0.6) is 11.5 Å². The Morgan fingerprint density at radius 3 is 2.43 bits per heavy atom. The molecular formula is C19H30O4. The van der Waals surface area contributed by atoms with Gasteiger partial charge in [-0.15, -0.1) is 0 Å². The van der Waals surface area contributed by atoms with Crippen LogP contribution in [0.3, 0.4) is 0 Å². The summed E-state index contributed by atoms with van der Waals surface area (Å²) in [5.74, 6) is 2.65. The standard InChI is InChI=1S/C19H30O4/c1-14-10-15(13-19(2,3)12-14)17-5-4-16(22-8-6-20)11-18(17)23-9-7-21/h4-5,11,14-15,20-21H,6-10,12-13H2,1-3H3. The van der Waals surface area contributed by atoms with Gasteiger partial charge in [0.15, 0.2) is 0 Å². The molecule has 1 aromatic carbocycles. The Labute approximate surface area is 139 Å². The zero-order valence-electron chi connectivity index (χ0n) is 14.5. The number of hydrogen-bond donors (Lipinski definition) is 2. The lowest BCUT2D eigenvalue weighted by molar-refractivity contribution is 0.162. The zero-order valence-corrected chi connectivity index (χ0v) is 14.5. The molecule has 0 spiro atoms. The van der Waals surface area contributed by atoms with Crippen LogP contribution in [0.2, 0.25) is 0 Å². The fourth-order valence-corrected chi connectivity index (χ4v) is 3.97. The first-order valence-corrected chi connectivity index (χ1v) is 8.56. The summed E-state index contributed by atoms with van der Waals surface area (Å²) in [5, 5.41) is 18.0. The molecule has 0 heterocycles. The van der Waals surface area contributed by atoms with Crippen molar-refractivity contribution in [1.82, 2.24) is 0 Å². The molecule has 2 rings (SSSR count). The fraction of sp³-hybridized carbons (Fsp3) is 0.684. The molecule has 1 aliphatic carbocycles. The van der Waals surface area contributed by atoms with Crippen molar-refractivity contribution in [3.8, 4) is 11.5 Å². The maximum Gasteiger partial charge on any atom is 0.126 e. The zero-order chi connectivity index (χ0) is 16.9. The van der Waals surface area contributed by atoms with E-state index in [2.05, 4.69) is 26.8 Å². The van der Waals surface area contributed by atoms with Gasteiger partial charge in [0.05, 0.1) is 13.2 Å². The molecule has 0 bridgehead atoms. The van der Waals surface area contributed by atoms with Crippen LogP contribution in [0.4, 0.5) is 0 Å². The van der Waals surface area contributed by atoms with E-state index in [1.165, 1.54) is 12.0 Å². The molecule has 1 fully saturated rings. The molecule has 0 radical (unpaired) electrons. The number of aliphatic hydroxyl groups is 2. The van der Waals surface area contributed by atoms with Crippen molar-refractivity contribution >= 4 is 0 Å². The Kier molecular flexibility index (Phi) is 6.31. The molecule has 0 aromatic heterocycles. The highest BCUT2D eigenvalue weighted by molar-refractivity contribution is 5.43. The average Bonchev–Trinajstić information content (AvgIpc) is 2.49. The summed E-state index contributed by atoms with van der Waals surface area (Å²) in [6, 6.07) is 5.91. The van der Waals surface area contributed by atoms with Gasteiger partial charge in [-0.2, -0.15) is 0 Å². The Morgan fingerprint density at radius 1 is 1.09 bits per heavy atom. The van der Waals surface area contributed by atoms with Crippen molar-refractivity contribution in [1.29, 1.82) is 0 Å². The van der Waals surface area contributed by atoms with E-state index >= 15 is 0 Å². The summed E-state index contributed by atoms with van der Waals surface area (Å²) in [5.41, 5.74) is 1.54. The van der Waals surface area contributed by atoms with Crippen molar-refractivity contribution in [2.45, 2.75) is 46.0 Å². The lowest BCUT2D eigenvalue weighted by atomic mass is 9.66. The fourth-order valence-electron chi connectivity index (χ4n) is 3.97. The minimum absolute atomic E-state index is 0.00622. The van der Waals surface area contributed by atoms with Crippen molar-refractivity contribution in [3.05, 3.63) is 23.8 Å². The highest BCUT2D eigenvalue weighted by Crippen LogP contribution is 2.48. The molecule has 23 heavy (non-hydrogen) atoms. The summed E-state index contributed by atoms with van der Waals surface area (Å²) in [6.45, 7) is 7.53. The highest BCUT2D eigenvalue weighted by atomic mass is 16.5. The average molecular weight is 322 g/mol. The first-order chi connectivity index (χ1) is 10.9. The van der Waals surface area contributed by atoms with Gasteiger partial charge >= 0.3 is 0 Å². The van der Waals surface area contributed by atoms with E-state index in [-0.39, 0.29) is 26.4 Å². The van der Waals surface area contributed by atoms with Gasteiger partial charge in [-0.25, -0.2) is 0 Å². The van der Waals surface area contributed by atoms with E-state index < -0.39 is 0 Å². The molecule has 2 N–H and O–H groups in total. The Bertz CT molecular complexity index is 498. The summed E-state index contributed by atoms with van der Waals surface area (Å²) >= 11 is 0. The lowest BCUT2D eigenvalue weighted by Gasteiger charge is -2.39. The third kappa shape index (κ3) is 5.11. The van der Waals surface area contributed by atoms with E-state index in [9.17, 15) is 0 Å². The maximum atomic E-state index is 9.08. The van der Waals surface area contributed by atoms with Gasteiger partial charge in [-0.1, -0.05) is 26.8 Å². The van der Waals surface area contributed by atoms with Crippen LogP contribution >= 0.6 is 0 Å². The second-order valence-electron chi connectivity index (χ2n) is 7.45. The largest absolute Gasteiger partial charge is 0.491 e. The molecule has 4 heteroatoms. The molecule has 0 saturated heterocycles. The van der Waals surface area contributed by atoms with Crippen LogP contribution in [-0.2, 0) is 0 Å². The monoisotopic (exact) mass is 322 g/mol. The van der Waals surface area contributed by atoms with Crippen LogP contribution < -0.4 is 9.47 Å². The van der Waals surface area contributed by atoms with Gasteiger partial charge in [0, 0.05) is 6.07 Å². The van der Waals surface area contributed by atoms with Gasteiger partial charge in [-0.3, -0.25) is 0 Å². The number of benzene rings is 1. The van der Waals surface area contributed by atoms with E-state index in [1.807, 2.05) is 12.1 Å². The first kappa shape index (κ1) is 18.1. The molecule has 1 aliphatic rings. The SMILES string of the molecule is CC1CC(c2ccc(OCCO)cc2OCCO)CC(C)(C)C1. The van der Waals surface area contributed by atoms with Gasteiger partial charge in [0.2, 0.25) is 0 Å². The molecule has 2 unspecified atom stereocenters. The van der Waals surface area contributed by atoms with Gasteiger partial charge < -0.3 is 19.7 Å². The number of rotatable bonds is 7. The van der Waals surface area contributed by atoms with Crippen molar-refractivity contribution < 1.29 is 19.7 Å². The van der Waals surface area contributed by atoms with Crippen molar-refractivity contribution in [2.24, 2.45) is 11.3 Å². The minimum atomic E-state index is -0.0110. The summed E-state index contributed by atoms with van der Waals surface area (Å²) in [4.78, 5) is 0. The van der Waals surface area contributed by atoms with E-state index in [0.29, 0.717) is 23.0 Å². The van der Waals surface area contributed by atoms with Crippen LogP contribution in [-0.4, -0.2) is 36.6 Å². The van der Waals surface area contributed by atoms with Crippen molar-refractivity contribution in [2.75, 3.05) is 26.4 Å². The third-order valence-corrected chi connectivity index (χ3v) is 4.52. The predicted octanol–water partition coefficient (Wildman–Crippen LogP) is 3.36. The maximum absolute atomic E-state index is 9.08. The number of ether oxygens (including phenoxy) is 2. The normalized spacial score (nSPS) is 23.5. The minimum Gasteiger partial charge on any atom is -0.491 e. The molecule has 0 aliphatic heterocycles. The molecule has 130 valence electrons. The lowest BCUT2D eigenvalue weighted by Crippen LogP contribution is -2.26. The van der Waals surface area contributed by atoms with Gasteiger partial charge in [-0.05, 0) is 48.1 Å².